The molecule has 0 bridgehead atoms. The molecule has 0 fully saturated rings. The fraction of sp³-hybridized carbons (Fsp3) is 0.222. The van der Waals surface area contributed by atoms with Gasteiger partial charge in [0.05, 0.1) is 21.0 Å². The van der Waals surface area contributed by atoms with E-state index in [0.29, 0.717) is 23.1 Å². The van der Waals surface area contributed by atoms with Gasteiger partial charge in [-0.3, -0.25) is 4.57 Å². The van der Waals surface area contributed by atoms with Crippen LogP contribution in [0, 0.1) is 0 Å². The van der Waals surface area contributed by atoms with E-state index in [2.05, 4.69) is 14.9 Å². The van der Waals surface area contributed by atoms with Gasteiger partial charge in [-0.25, -0.2) is 13.1 Å². The van der Waals surface area contributed by atoms with Crippen LogP contribution in [0.25, 0.3) is 0 Å². The number of halogens is 3. The van der Waals surface area contributed by atoms with E-state index in [1.54, 1.807) is 35.8 Å². The number of rotatable bonds is 7. The first kappa shape index (κ1) is 21.9. The maximum absolute atomic E-state index is 12.7. The van der Waals surface area contributed by atoms with Gasteiger partial charge in [-0.15, -0.1) is 5.10 Å². The van der Waals surface area contributed by atoms with Gasteiger partial charge in [-0.1, -0.05) is 39.9 Å². The molecule has 11 heteroatoms. The SMILES string of the molecule is CCn1c(Oc2ccc(Cl)cc2)nnc1[C@@H](C)NS(=O)(=O)c1ccc(Cl)c(Cl)c1. The lowest BCUT2D eigenvalue weighted by atomic mass is 10.3. The molecule has 0 amide bonds. The lowest BCUT2D eigenvalue weighted by molar-refractivity contribution is 0.408. The maximum atomic E-state index is 12.7. The van der Waals surface area contributed by atoms with Gasteiger partial charge in [0.1, 0.15) is 5.75 Å². The second-order valence-corrected chi connectivity index (χ2v) is 9.02. The number of nitrogens with one attached hydrogen (secondary N) is 1. The minimum atomic E-state index is -3.86. The fourth-order valence-electron chi connectivity index (χ4n) is 2.60. The Labute approximate surface area is 183 Å². The van der Waals surface area contributed by atoms with Crippen LogP contribution in [0.1, 0.15) is 25.7 Å². The van der Waals surface area contributed by atoms with Gasteiger partial charge < -0.3 is 4.74 Å². The van der Waals surface area contributed by atoms with E-state index >= 15 is 0 Å². The first-order valence-electron chi connectivity index (χ1n) is 8.55. The van der Waals surface area contributed by atoms with Crippen LogP contribution in [-0.4, -0.2) is 23.2 Å². The van der Waals surface area contributed by atoms with E-state index in [0.717, 1.165) is 0 Å². The molecule has 2 aromatic carbocycles. The molecule has 3 rings (SSSR count). The summed E-state index contributed by atoms with van der Waals surface area (Å²) in [5.41, 5.74) is 0. The highest BCUT2D eigenvalue weighted by atomic mass is 35.5. The normalized spacial score (nSPS) is 12.7. The predicted molar refractivity (Wildman–Crippen MR) is 112 cm³/mol. The average Bonchev–Trinajstić information content (AvgIpc) is 3.08. The number of benzene rings is 2. The highest BCUT2D eigenvalue weighted by Gasteiger charge is 2.24. The van der Waals surface area contributed by atoms with E-state index in [1.165, 1.54) is 18.2 Å². The summed E-state index contributed by atoms with van der Waals surface area (Å²) in [6, 6.07) is 10.4. The zero-order valence-corrected chi connectivity index (χ0v) is 18.5. The Kier molecular flexibility index (Phi) is 6.70. The first-order chi connectivity index (χ1) is 13.7. The van der Waals surface area contributed by atoms with Crippen LogP contribution in [0.2, 0.25) is 15.1 Å². The van der Waals surface area contributed by atoms with Crippen molar-refractivity contribution in [2.24, 2.45) is 0 Å². The topological polar surface area (TPSA) is 86.1 Å². The molecule has 0 aliphatic carbocycles. The largest absolute Gasteiger partial charge is 0.424 e. The van der Waals surface area contributed by atoms with Crippen LogP contribution >= 0.6 is 34.8 Å². The molecule has 0 aliphatic heterocycles. The van der Waals surface area contributed by atoms with Gasteiger partial charge in [0.25, 0.3) is 0 Å². The average molecular weight is 476 g/mol. The molecular weight excluding hydrogens is 459 g/mol. The summed E-state index contributed by atoms with van der Waals surface area (Å²) in [7, 11) is -3.86. The number of hydrogen-bond acceptors (Lipinski definition) is 5. The zero-order valence-electron chi connectivity index (χ0n) is 15.4. The quantitative estimate of drug-likeness (QED) is 0.514. The van der Waals surface area contributed by atoms with Gasteiger partial charge >= 0.3 is 6.01 Å². The molecule has 1 aromatic heterocycles. The van der Waals surface area contributed by atoms with Crippen molar-refractivity contribution in [2.45, 2.75) is 31.3 Å². The molecular formula is C18H17Cl3N4O3S. The Balaban J connectivity index is 1.83. The summed E-state index contributed by atoms with van der Waals surface area (Å²) in [5.74, 6) is 0.937. The van der Waals surface area contributed by atoms with Gasteiger partial charge in [0.2, 0.25) is 10.0 Å². The van der Waals surface area contributed by atoms with Crippen molar-refractivity contribution in [3.8, 4) is 11.8 Å². The molecule has 7 nitrogen and oxygen atoms in total. The third-order valence-electron chi connectivity index (χ3n) is 4.01. The molecule has 0 spiro atoms. The lowest BCUT2D eigenvalue weighted by Gasteiger charge is -2.15. The third kappa shape index (κ3) is 5.02. The van der Waals surface area contributed by atoms with E-state index in [-0.39, 0.29) is 21.0 Å². The van der Waals surface area contributed by atoms with Gasteiger partial charge in [-0.2, -0.15) is 0 Å². The van der Waals surface area contributed by atoms with E-state index in [1.807, 2.05) is 6.92 Å². The molecule has 0 aliphatic rings. The third-order valence-corrected chi connectivity index (χ3v) is 6.53. The van der Waals surface area contributed by atoms with Crippen molar-refractivity contribution < 1.29 is 13.2 Å². The summed E-state index contributed by atoms with van der Waals surface area (Å²) in [6.07, 6.45) is 0. The van der Waals surface area contributed by atoms with Crippen LogP contribution in [0.4, 0.5) is 0 Å². The summed E-state index contributed by atoms with van der Waals surface area (Å²) in [6.45, 7) is 4.02. The van der Waals surface area contributed by atoms with Gasteiger partial charge in [-0.05, 0) is 56.3 Å². The molecule has 0 unspecified atom stereocenters. The molecule has 3 aromatic rings. The number of nitrogens with zero attached hydrogens (tertiary/aromatic N) is 3. The summed E-state index contributed by atoms with van der Waals surface area (Å²) >= 11 is 17.7. The van der Waals surface area contributed by atoms with Crippen molar-refractivity contribution in [1.82, 2.24) is 19.5 Å². The fourth-order valence-corrected chi connectivity index (χ4v) is 4.31. The Morgan fingerprint density at radius 2 is 1.76 bits per heavy atom. The second kappa shape index (κ2) is 8.89. The molecule has 0 saturated heterocycles. The molecule has 0 radical (unpaired) electrons. The number of ether oxygens (including phenoxy) is 1. The summed E-state index contributed by atoms with van der Waals surface area (Å²) in [5, 5.41) is 9.14. The van der Waals surface area contributed by atoms with E-state index in [4.69, 9.17) is 39.5 Å². The van der Waals surface area contributed by atoms with Crippen LogP contribution in [0.3, 0.4) is 0 Å². The zero-order chi connectivity index (χ0) is 21.2. The molecule has 1 atom stereocenters. The van der Waals surface area contributed by atoms with Crippen molar-refractivity contribution in [2.75, 3.05) is 0 Å². The molecule has 0 saturated carbocycles. The number of aromatic nitrogens is 3. The molecule has 29 heavy (non-hydrogen) atoms. The highest BCUT2D eigenvalue weighted by molar-refractivity contribution is 7.89. The Hall–Kier alpha value is -1.84. The highest BCUT2D eigenvalue weighted by Crippen LogP contribution is 2.27. The number of hydrogen-bond donors (Lipinski definition) is 1. The summed E-state index contributed by atoms with van der Waals surface area (Å²) in [4.78, 5) is -0.000971. The Bertz CT molecular complexity index is 1120. The maximum Gasteiger partial charge on any atom is 0.322 e. The minimum absolute atomic E-state index is 0.000971. The second-order valence-electron chi connectivity index (χ2n) is 6.06. The van der Waals surface area contributed by atoms with Crippen molar-refractivity contribution >= 4 is 44.8 Å². The molecule has 154 valence electrons. The molecule has 1 heterocycles. The van der Waals surface area contributed by atoms with Crippen molar-refractivity contribution in [3.05, 3.63) is 63.4 Å². The van der Waals surface area contributed by atoms with Crippen LogP contribution in [0.15, 0.2) is 47.4 Å². The van der Waals surface area contributed by atoms with Crippen molar-refractivity contribution in [1.29, 1.82) is 0 Å². The van der Waals surface area contributed by atoms with E-state index < -0.39 is 16.1 Å². The molecule has 1 N–H and O–H groups in total. The monoisotopic (exact) mass is 474 g/mol. The van der Waals surface area contributed by atoms with Crippen LogP contribution < -0.4 is 9.46 Å². The summed E-state index contributed by atoms with van der Waals surface area (Å²) < 4.78 is 35.4. The standard InChI is InChI=1S/C18H17Cl3N4O3S/c1-3-25-17(22-23-18(25)28-13-6-4-12(19)5-7-13)11(2)24-29(26,27)14-8-9-15(20)16(21)10-14/h4-11,24H,3H2,1-2H3/t11-/m1/s1. The minimum Gasteiger partial charge on any atom is -0.424 e. The van der Waals surface area contributed by atoms with Gasteiger partial charge in [0, 0.05) is 11.6 Å². The Morgan fingerprint density at radius 3 is 2.38 bits per heavy atom. The Morgan fingerprint density at radius 1 is 1.07 bits per heavy atom. The van der Waals surface area contributed by atoms with Crippen LogP contribution in [-0.2, 0) is 16.6 Å². The first-order valence-corrected chi connectivity index (χ1v) is 11.2. The predicted octanol–water partition coefficient (Wildman–Crippen LogP) is 5.09. The van der Waals surface area contributed by atoms with Gasteiger partial charge in [0.15, 0.2) is 5.82 Å². The van der Waals surface area contributed by atoms with Crippen molar-refractivity contribution in [3.63, 3.8) is 0 Å². The lowest BCUT2D eigenvalue weighted by Crippen LogP contribution is -2.29. The number of sulfonamides is 1. The van der Waals surface area contributed by atoms with E-state index in [9.17, 15) is 8.42 Å². The smallest absolute Gasteiger partial charge is 0.322 e. The van der Waals surface area contributed by atoms with Crippen LogP contribution in [0.5, 0.6) is 11.8 Å².